The maximum atomic E-state index is 4.16. The maximum absolute atomic E-state index is 4.16. The van der Waals surface area contributed by atoms with Crippen molar-refractivity contribution in [2.24, 2.45) is 5.92 Å². The molecule has 1 heterocycles. The van der Waals surface area contributed by atoms with Gasteiger partial charge in [0.25, 0.3) is 0 Å². The van der Waals surface area contributed by atoms with Crippen molar-refractivity contribution >= 4 is 0 Å². The molecule has 0 aliphatic rings. The van der Waals surface area contributed by atoms with E-state index in [-0.39, 0.29) is 0 Å². The largest absolute Gasteiger partial charge is 0.348 e. The molecule has 3 nitrogen and oxygen atoms in total. The van der Waals surface area contributed by atoms with Crippen LogP contribution in [0.2, 0.25) is 0 Å². The second kappa shape index (κ2) is 35.4. The molecule has 1 aromatic heterocycles. The predicted molar refractivity (Wildman–Crippen MR) is 211 cm³/mol. The lowest BCUT2D eigenvalue weighted by Gasteiger charge is -2.19. The Morgan fingerprint density at radius 3 is 1.55 bits per heavy atom. The molecule has 0 aromatic carbocycles. The van der Waals surface area contributed by atoms with Crippen molar-refractivity contribution in [1.29, 1.82) is 0 Å². The highest BCUT2D eigenvalue weighted by Crippen LogP contribution is 2.16. The third-order valence-electron chi connectivity index (χ3n) is 9.30. The number of nitrogens with one attached hydrogen (secondary N) is 2. The first kappa shape index (κ1) is 43.2. The molecular formula is C44H79N3. The first-order valence-electron chi connectivity index (χ1n) is 20.5. The molecule has 0 amide bonds. The lowest BCUT2D eigenvalue weighted by molar-refractivity contribution is 0.409. The number of H-pyrrole nitrogens is 1. The molecule has 47 heavy (non-hydrogen) atoms. The minimum atomic E-state index is 0.692. The minimum Gasteiger partial charge on any atom is -0.348 e. The number of nitrogens with zero attached hydrogens (tertiary/aromatic N) is 1. The summed E-state index contributed by atoms with van der Waals surface area (Å²) in [4.78, 5) is 7.41. The summed E-state index contributed by atoms with van der Waals surface area (Å²) in [5, 5.41) is 3.93. The van der Waals surface area contributed by atoms with Gasteiger partial charge in [-0.05, 0) is 102 Å². The van der Waals surface area contributed by atoms with Gasteiger partial charge in [0, 0.05) is 17.9 Å². The van der Waals surface area contributed by atoms with Crippen LogP contribution >= 0.6 is 0 Å². The molecule has 0 radical (unpaired) electrons. The van der Waals surface area contributed by atoms with E-state index in [1.807, 2.05) is 6.20 Å². The maximum Gasteiger partial charge on any atom is 0.0921 e. The summed E-state index contributed by atoms with van der Waals surface area (Å²) in [6, 6.07) is 0.692. The summed E-state index contributed by atoms with van der Waals surface area (Å²) >= 11 is 0. The normalized spacial score (nSPS) is 13.1. The molecule has 0 saturated heterocycles. The van der Waals surface area contributed by atoms with Crippen LogP contribution in [0.5, 0.6) is 0 Å². The number of hydrogen-bond acceptors (Lipinski definition) is 2. The van der Waals surface area contributed by atoms with Gasteiger partial charge in [-0.3, -0.25) is 0 Å². The van der Waals surface area contributed by atoms with E-state index < -0.39 is 0 Å². The van der Waals surface area contributed by atoms with Gasteiger partial charge >= 0.3 is 0 Å². The SMILES string of the molecule is CCCCC/C=C\C/C=C\CCCCCCCCC(CCCCCCCC/C=C\C/C=C\CCCC(C)C)NCCCc1cnc[nH]1. The smallest absolute Gasteiger partial charge is 0.0921 e. The van der Waals surface area contributed by atoms with E-state index in [4.69, 9.17) is 0 Å². The summed E-state index contributed by atoms with van der Waals surface area (Å²) in [5.41, 5.74) is 1.26. The molecule has 3 heteroatoms. The Bertz CT molecular complexity index is 847. The van der Waals surface area contributed by atoms with Gasteiger partial charge in [-0.25, -0.2) is 4.98 Å². The zero-order valence-electron chi connectivity index (χ0n) is 31.7. The van der Waals surface area contributed by atoms with E-state index in [1.165, 1.54) is 160 Å². The summed E-state index contributed by atoms with van der Waals surface area (Å²) in [5.74, 6) is 0.835. The molecule has 0 spiro atoms. The van der Waals surface area contributed by atoms with Crippen LogP contribution in [0.3, 0.4) is 0 Å². The van der Waals surface area contributed by atoms with Crippen molar-refractivity contribution in [2.75, 3.05) is 6.54 Å². The van der Waals surface area contributed by atoms with Crippen LogP contribution in [0.15, 0.2) is 61.1 Å². The molecule has 0 saturated carbocycles. The van der Waals surface area contributed by atoms with Gasteiger partial charge in [-0.2, -0.15) is 0 Å². The van der Waals surface area contributed by atoms with E-state index in [1.54, 1.807) is 6.33 Å². The van der Waals surface area contributed by atoms with Gasteiger partial charge in [-0.15, -0.1) is 0 Å². The molecule has 1 rings (SSSR count). The van der Waals surface area contributed by atoms with Gasteiger partial charge in [0.1, 0.15) is 0 Å². The summed E-state index contributed by atoms with van der Waals surface area (Å²) in [6.45, 7) is 8.02. The molecule has 0 aliphatic carbocycles. The molecule has 2 N–H and O–H groups in total. The number of aromatic amines is 1. The molecule has 0 aliphatic heterocycles. The van der Waals surface area contributed by atoms with Crippen molar-refractivity contribution in [3.63, 3.8) is 0 Å². The molecule has 270 valence electrons. The first-order valence-corrected chi connectivity index (χ1v) is 20.5. The van der Waals surface area contributed by atoms with Crippen molar-refractivity contribution in [2.45, 2.75) is 200 Å². The molecule has 1 aromatic rings. The van der Waals surface area contributed by atoms with Crippen LogP contribution in [0.1, 0.15) is 193 Å². The van der Waals surface area contributed by atoms with E-state index in [9.17, 15) is 0 Å². The number of imidazole rings is 1. The Morgan fingerprint density at radius 2 is 1.06 bits per heavy atom. The lowest BCUT2D eigenvalue weighted by atomic mass is 9.99. The zero-order chi connectivity index (χ0) is 33.7. The predicted octanol–water partition coefficient (Wildman–Crippen LogP) is 14.0. The van der Waals surface area contributed by atoms with E-state index in [2.05, 4.69) is 84.7 Å². The van der Waals surface area contributed by atoms with Crippen LogP contribution in [-0.2, 0) is 6.42 Å². The third-order valence-corrected chi connectivity index (χ3v) is 9.30. The lowest BCUT2D eigenvalue weighted by Crippen LogP contribution is -2.30. The molecule has 1 atom stereocenters. The minimum absolute atomic E-state index is 0.692. The molecular weight excluding hydrogens is 571 g/mol. The van der Waals surface area contributed by atoms with Gasteiger partial charge in [-0.1, -0.05) is 153 Å². The highest BCUT2D eigenvalue weighted by Gasteiger charge is 2.08. The number of hydrogen-bond donors (Lipinski definition) is 2. The van der Waals surface area contributed by atoms with Gasteiger partial charge in [0.05, 0.1) is 6.33 Å². The Morgan fingerprint density at radius 1 is 0.574 bits per heavy atom. The zero-order valence-corrected chi connectivity index (χ0v) is 31.7. The number of aromatic nitrogens is 2. The Kier molecular flexibility index (Phi) is 32.5. The second-order valence-electron chi connectivity index (χ2n) is 14.4. The molecule has 1 unspecified atom stereocenters. The fraction of sp³-hybridized carbons (Fsp3) is 0.750. The Labute approximate surface area is 294 Å². The van der Waals surface area contributed by atoms with E-state index in [0.717, 1.165) is 31.7 Å². The highest BCUT2D eigenvalue weighted by molar-refractivity contribution is 4.95. The van der Waals surface area contributed by atoms with Crippen molar-refractivity contribution in [3.8, 4) is 0 Å². The number of unbranched alkanes of at least 4 members (excludes halogenated alkanes) is 16. The average Bonchev–Trinajstić information content (AvgIpc) is 3.59. The summed E-state index contributed by atoms with van der Waals surface area (Å²) in [6.07, 6.45) is 58.2. The van der Waals surface area contributed by atoms with Crippen molar-refractivity contribution in [3.05, 3.63) is 66.8 Å². The second-order valence-corrected chi connectivity index (χ2v) is 14.4. The standard InChI is InChI=1S/C44H79N3/c1-4-5-6-7-8-9-10-11-12-13-17-20-23-26-29-32-36-43(46-39-34-38-44-40-45-41-47-44)37-33-30-27-24-21-18-15-14-16-19-22-25-28-31-35-42(2)3/h8-9,11-12,14,16,22,25,40-43,46H,4-7,10,13,15,17-21,23-24,26-39H2,1-3H3,(H,45,47)/b9-8-,12-11-,16-14-,25-22-. The van der Waals surface area contributed by atoms with Crippen LogP contribution in [0.25, 0.3) is 0 Å². The third kappa shape index (κ3) is 32.5. The summed E-state index contributed by atoms with van der Waals surface area (Å²) < 4.78 is 0. The van der Waals surface area contributed by atoms with Crippen LogP contribution in [0.4, 0.5) is 0 Å². The highest BCUT2D eigenvalue weighted by atomic mass is 14.9. The molecule has 0 fully saturated rings. The van der Waals surface area contributed by atoms with Gasteiger partial charge in [0.2, 0.25) is 0 Å². The van der Waals surface area contributed by atoms with Crippen LogP contribution in [-0.4, -0.2) is 22.6 Å². The van der Waals surface area contributed by atoms with Crippen LogP contribution < -0.4 is 5.32 Å². The van der Waals surface area contributed by atoms with E-state index in [0.29, 0.717) is 6.04 Å². The summed E-state index contributed by atoms with van der Waals surface area (Å²) in [7, 11) is 0. The monoisotopic (exact) mass is 650 g/mol. The number of rotatable bonds is 35. The Hall–Kier alpha value is -1.87. The van der Waals surface area contributed by atoms with Gasteiger partial charge in [0.15, 0.2) is 0 Å². The number of allylic oxidation sites excluding steroid dienone is 8. The molecule has 0 bridgehead atoms. The van der Waals surface area contributed by atoms with Crippen LogP contribution in [0, 0.1) is 5.92 Å². The van der Waals surface area contributed by atoms with Crippen molar-refractivity contribution in [1.82, 2.24) is 15.3 Å². The van der Waals surface area contributed by atoms with E-state index >= 15 is 0 Å². The average molecular weight is 650 g/mol. The number of aryl methyl sites for hydroxylation is 1. The van der Waals surface area contributed by atoms with Crippen molar-refractivity contribution < 1.29 is 0 Å². The fourth-order valence-electron chi connectivity index (χ4n) is 6.24. The Balaban J connectivity index is 2.08. The fourth-order valence-corrected chi connectivity index (χ4v) is 6.24. The topological polar surface area (TPSA) is 40.7 Å². The van der Waals surface area contributed by atoms with Gasteiger partial charge < -0.3 is 10.3 Å². The first-order chi connectivity index (χ1) is 23.2. The quantitative estimate of drug-likeness (QED) is 0.0567.